The Morgan fingerprint density at radius 2 is 1.63 bits per heavy atom. The number of hydrogen-bond acceptors (Lipinski definition) is 5. The monoisotopic (exact) mass is 507 g/mol. The van der Waals surface area contributed by atoms with Crippen molar-refractivity contribution in [1.82, 2.24) is 4.57 Å². The fourth-order valence-corrected chi connectivity index (χ4v) is 5.28. The maximum atomic E-state index is 13.5. The SMILES string of the molecule is Cn1c(O)[n+](C)c2c(c1=O)C(c1ccc(OC(=O)Cc3ccccc3)cc1)C1=C(O)c3ccccc3C1=[NH+]2. The lowest BCUT2D eigenvalue weighted by Gasteiger charge is -2.22. The molecule has 2 aliphatic rings. The smallest absolute Gasteiger partial charge is 0.507 e. The van der Waals surface area contributed by atoms with E-state index >= 15 is 0 Å². The third-order valence-electron chi connectivity index (χ3n) is 7.16. The molecule has 2 heterocycles. The Morgan fingerprint density at radius 3 is 2.34 bits per heavy atom. The first-order valence-corrected chi connectivity index (χ1v) is 12.2. The summed E-state index contributed by atoms with van der Waals surface area (Å²) in [5.74, 6) is -0.0970. The Kier molecular flexibility index (Phi) is 5.45. The van der Waals surface area contributed by atoms with Crippen LogP contribution in [-0.2, 0) is 25.3 Å². The first kappa shape index (κ1) is 23.4. The van der Waals surface area contributed by atoms with Crippen molar-refractivity contribution in [2.24, 2.45) is 14.1 Å². The number of esters is 1. The van der Waals surface area contributed by atoms with Gasteiger partial charge in [0.1, 0.15) is 25.6 Å². The molecule has 1 atom stereocenters. The molecule has 1 unspecified atom stereocenters. The molecular formula is C30H25N3O5+2. The van der Waals surface area contributed by atoms with E-state index in [4.69, 9.17) is 4.74 Å². The van der Waals surface area contributed by atoms with Gasteiger partial charge < -0.3 is 14.9 Å². The summed E-state index contributed by atoms with van der Waals surface area (Å²) in [4.78, 5) is 29.3. The Labute approximate surface area is 218 Å². The second-order valence-corrected chi connectivity index (χ2v) is 9.43. The summed E-state index contributed by atoms with van der Waals surface area (Å²) in [5, 5.41) is 21.9. The van der Waals surface area contributed by atoms with Crippen molar-refractivity contribution >= 4 is 23.3 Å². The van der Waals surface area contributed by atoms with Crippen LogP contribution in [0.15, 0.2) is 89.2 Å². The molecule has 0 bridgehead atoms. The lowest BCUT2D eigenvalue weighted by atomic mass is 9.81. The molecule has 8 nitrogen and oxygen atoms in total. The highest BCUT2D eigenvalue weighted by Gasteiger charge is 2.47. The summed E-state index contributed by atoms with van der Waals surface area (Å²) < 4.78 is 8.24. The van der Waals surface area contributed by atoms with Crippen molar-refractivity contribution in [3.05, 3.63) is 123 Å². The number of hydrogen-bond donors (Lipinski definition) is 3. The van der Waals surface area contributed by atoms with Crippen LogP contribution in [0.1, 0.15) is 33.7 Å². The van der Waals surface area contributed by atoms with E-state index in [0.717, 1.165) is 16.7 Å². The molecule has 1 aliphatic heterocycles. The number of aliphatic hydroxyl groups is 1. The van der Waals surface area contributed by atoms with Crippen LogP contribution in [0.4, 0.5) is 5.82 Å². The summed E-state index contributed by atoms with van der Waals surface area (Å²) in [6.45, 7) is 0. The number of fused-ring (bicyclic) bond motifs is 4. The molecule has 6 rings (SSSR count). The summed E-state index contributed by atoms with van der Waals surface area (Å²) in [5.41, 5.74) is 4.32. The number of aliphatic hydroxyl groups excluding tert-OH is 1. The average molecular weight is 508 g/mol. The molecule has 3 N–H and O–H groups in total. The zero-order chi connectivity index (χ0) is 26.6. The Morgan fingerprint density at radius 1 is 0.974 bits per heavy atom. The van der Waals surface area contributed by atoms with E-state index in [1.807, 2.05) is 54.6 Å². The maximum absolute atomic E-state index is 13.5. The van der Waals surface area contributed by atoms with Gasteiger partial charge in [0.25, 0.3) is 0 Å². The predicted molar refractivity (Wildman–Crippen MR) is 139 cm³/mol. The fraction of sp³-hybridized carbons (Fsp3) is 0.133. The lowest BCUT2D eigenvalue weighted by molar-refractivity contribution is -0.723. The van der Waals surface area contributed by atoms with Crippen LogP contribution in [-0.4, -0.2) is 26.5 Å². The normalized spacial score (nSPS) is 15.4. The minimum Gasteiger partial charge on any atom is -0.507 e. The minimum atomic E-state index is -0.631. The number of carbonyl (C=O) groups excluding carboxylic acids is 1. The molecule has 0 fully saturated rings. The van der Waals surface area contributed by atoms with Crippen molar-refractivity contribution in [2.45, 2.75) is 12.3 Å². The molecule has 38 heavy (non-hydrogen) atoms. The Balaban J connectivity index is 1.44. The Hall–Kier alpha value is -4.98. The van der Waals surface area contributed by atoms with E-state index in [-0.39, 0.29) is 29.7 Å². The summed E-state index contributed by atoms with van der Waals surface area (Å²) >= 11 is 0. The van der Waals surface area contributed by atoms with Crippen LogP contribution < -0.4 is 19.9 Å². The minimum absolute atomic E-state index is 0.0925. The molecule has 3 aromatic carbocycles. The number of aromatic nitrogens is 2. The van der Waals surface area contributed by atoms with Gasteiger partial charge in [-0.2, -0.15) is 0 Å². The average Bonchev–Trinajstić information content (AvgIpc) is 3.22. The van der Waals surface area contributed by atoms with E-state index in [2.05, 4.69) is 4.99 Å². The summed E-state index contributed by atoms with van der Waals surface area (Å²) in [6, 6.07) is 23.6. The molecule has 0 saturated heterocycles. The number of rotatable bonds is 4. The second-order valence-electron chi connectivity index (χ2n) is 9.43. The largest absolute Gasteiger partial charge is 0.519 e. The van der Waals surface area contributed by atoms with Gasteiger partial charge in [-0.15, -0.1) is 9.13 Å². The summed E-state index contributed by atoms with van der Waals surface area (Å²) in [6.07, 6.45) is 0.150. The van der Waals surface area contributed by atoms with Crippen molar-refractivity contribution in [1.29, 1.82) is 0 Å². The highest BCUT2D eigenvalue weighted by atomic mass is 16.5. The van der Waals surface area contributed by atoms with Crippen molar-refractivity contribution in [3.63, 3.8) is 0 Å². The number of nitrogens with one attached hydrogen (secondary N) is 1. The number of benzene rings is 3. The number of allylic oxidation sites excluding steroid dienone is 1. The zero-order valence-corrected chi connectivity index (χ0v) is 20.8. The number of carbonyl (C=O) groups is 1. The van der Waals surface area contributed by atoms with Crippen LogP contribution in [0.25, 0.3) is 5.76 Å². The van der Waals surface area contributed by atoms with Crippen LogP contribution in [0.2, 0.25) is 0 Å². The van der Waals surface area contributed by atoms with Gasteiger partial charge in [0.2, 0.25) is 0 Å². The number of nitrogens with zero attached hydrogens (tertiary/aromatic N) is 2. The molecule has 0 amide bonds. The van der Waals surface area contributed by atoms with Gasteiger partial charge in [-0.05, 0) is 29.3 Å². The predicted octanol–water partition coefficient (Wildman–Crippen LogP) is 1.69. The molecule has 4 aromatic rings. The molecule has 0 radical (unpaired) electrons. The number of ether oxygens (including phenoxy) is 1. The van der Waals surface area contributed by atoms with Gasteiger partial charge in [-0.3, -0.25) is 4.79 Å². The van der Waals surface area contributed by atoms with E-state index in [1.165, 1.54) is 16.2 Å². The first-order chi connectivity index (χ1) is 18.3. The topological polar surface area (TPSA) is 107 Å². The highest BCUT2D eigenvalue weighted by Crippen LogP contribution is 2.43. The van der Waals surface area contributed by atoms with Crippen molar-refractivity contribution in [2.75, 3.05) is 0 Å². The molecular weight excluding hydrogens is 482 g/mol. The molecule has 0 spiro atoms. The first-order valence-electron chi connectivity index (χ1n) is 12.2. The summed E-state index contributed by atoms with van der Waals surface area (Å²) in [7, 11) is 3.17. The highest BCUT2D eigenvalue weighted by molar-refractivity contribution is 6.21. The van der Waals surface area contributed by atoms with Crippen molar-refractivity contribution < 1.29 is 29.3 Å². The quantitative estimate of drug-likeness (QED) is 0.222. The van der Waals surface area contributed by atoms with Crippen LogP contribution in [0.3, 0.4) is 0 Å². The van der Waals surface area contributed by atoms with Gasteiger partial charge in [0.15, 0.2) is 11.3 Å². The van der Waals surface area contributed by atoms with Gasteiger partial charge in [0.05, 0.1) is 17.9 Å². The van der Waals surface area contributed by atoms with Gasteiger partial charge in [-0.25, -0.2) is 9.79 Å². The lowest BCUT2D eigenvalue weighted by Crippen LogP contribution is -2.75. The second kappa shape index (κ2) is 8.85. The van der Waals surface area contributed by atoms with E-state index < -0.39 is 5.92 Å². The van der Waals surface area contributed by atoms with Crippen LogP contribution >= 0.6 is 0 Å². The van der Waals surface area contributed by atoms with Gasteiger partial charge in [-0.1, -0.05) is 60.7 Å². The third-order valence-corrected chi connectivity index (χ3v) is 7.16. The van der Waals surface area contributed by atoms with E-state index in [9.17, 15) is 19.8 Å². The van der Waals surface area contributed by atoms with Gasteiger partial charge >= 0.3 is 23.4 Å². The zero-order valence-electron chi connectivity index (χ0n) is 20.8. The van der Waals surface area contributed by atoms with Crippen LogP contribution in [0, 0.1) is 0 Å². The van der Waals surface area contributed by atoms with Gasteiger partial charge in [0, 0.05) is 11.1 Å². The molecule has 8 heteroatoms. The molecule has 0 saturated carbocycles. The maximum Gasteiger partial charge on any atom is 0.519 e. The van der Waals surface area contributed by atoms with Crippen LogP contribution in [0.5, 0.6) is 11.8 Å². The fourth-order valence-electron chi connectivity index (χ4n) is 5.28. The number of aromatic hydroxyl groups is 1. The molecule has 188 valence electrons. The Bertz CT molecular complexity index is 1730. The van der Waals surface area contributed by atoms with Crippen molar-refractivity contribution in [3.8, 4) is 11.8 Å². The third kappa shape index (κ3) is 3.61. The molecule has 1 aliphatic carbocycles. The van der Waals surface area contributed by atoms with E-state index in [1.54, 1.807) is 31.3 Å². The molecule has 1 aromatic heterocycles. The van der Waals surface area contributed by atoms with E-state index in [0.29, 0.717) is 34.0 Å². The standard InChI is InChI=1S/C30H23N3O5/c1-32-28-25(29(36)33(2)30(32)37)23(24-26(31-28)20-10-6-7-11-21(20)27(24)35)18-12-14-19(15-13-18)38-22(34)16-17-8-4-3-5-9-17/h3-15,23H,16H2,1-2H3,(H,31,35,36)/p+2.